The van der Waals surface area contributed by atoms with E-state index in [1.807, 2.05) is 22.8 Å². The van der Waals surface area contributed by atoms with Crippen LogP contribution in [0.4, 0.5) is 9.18 Å². The molecule has 1 saturated heterocycles. The summed E-state index contributed by atoms with van der Waals surface area (Å²) in [6.07, 6.45) is 5.07. The van der Waals surface area contributed by atoms with Crippen LogP contribution >= 0.6 is 0 Å². The van der Waals surface area contributed by atoms with E-state index in [-0.39, 0.29) is 23.8 Å². The van der Waals surface area contributed by atoms with Gasteiger partial charge in [0.25, 0.3) is 0 Å². The molecule has 6 heteroatoms. The fourth-order valence-electron chi connectivity index (χ4n) is 3.43. The highest BCUT2D eigenvalue weighted by atomic mass is 19.1. The molecule has 26 heavy (non-hydrogen) atoms. The molecule has 1 aromatic carbocycles. The van der Waals surface area contributed by atoms with Crippen LogP contribution in [-0.4, -0.2) is 53.5 Å². The molecule has 0 radical (unpaired) electrons. The number of urea groups is 1. The first-order valence-corrected chi connectivity index (χ1v) is 9.62. The Morgan fingerprint density at radius 2 is 2.23 bits per heavy atom. The first-order chi connectivity index (χ1) is 12.5. The van der Waals surface area contributed by atoms with Gasteiger partial charge in [0.05, 0.1) is 0 Å². The van der Waals surface area contributed by atoms with Crippen molar-refractivity contribution in [3.05, 3.63) is 35.6 Å². The summed E-state index contributed by atoms with van der Waals surface area (Å²) in [6.45, 7) is 4.11. The Bertz CT molecular complexity index is 648. The molecule has 3 rings (SSSR count). The predicted molar refractivity (Wildman–Crippen MR) is 98.3 cm³/mol. The Morgan fingerprint density at radius 1 is 1.42 bits per heavy atom. The zero-order chi connectivity index (χ0) is 18.5. The van der Waals surface area contributed by atoms with Crippen molar-refractivity contribution in [3.8, 4) is 0 Å². The van der Waals surface area contributed by atoms with Gasteiger partial charge < -0.3 is 15.1 Å². The van der Waals surface area contributed by atoms with Crippen LogP contribution in [0.15, 0.2) is 24.3 Å². The second kappa shape index (κ2) is 8.52. The molecule has 1 atom stereocenters. The summed E-state index contributed by atoms with van der Waals surface area (Å²) < 4.78 is 13.3. The summed E-state index contributed by atoms with van der Waals surface area (Å²) in [6, 6.07) is 6.82. The third-order valence-electron chi connectivity index (χ3n) is 5.15. The van der Waals surface area contributed by atoms with Gasteiger partial charge in [-0.2, -0.15) is 0 Å². The Morgan fingerprint density at radius 3 is 2.88 bits per heavy atom. The van der Waals surface area contributed by atoms with E-state index in [0.717, 1.165) is 37.8 Å². The molecule has 0 spiro atoms. The van der Waals surface area contributed by atoms with Crippen LogP contribution in [0.2, 0.25) is 0 Å². The summed E-state index contributed by atoms with van der Waals surface area (Å²) in [5.74, 6) is -0.0202. The van der Waals surface area contributed by atoms with Crippen molar-refractivity contribution in [1.29, 1.82) is 0 Å². The van der Waals surface area contributed by atoms with Crippen LogP contribution in [-0.2, 0) is 11.2 Å². The number of rotatable bonds is 8. The van der Waals surface area contributed by atoms with E-state index in [0.29, 0.717) is 32.0 Å². The quantitative estimate of drug-likeness (QED) is 0.774. The molecule has 1 aromatic rings. The minimum absolute atomic E-state index is 0.0197. The van der Waals surface area contributed by atoms with Crippen LogP contribution in [0.1, 0.15) is 44.6 Å². The molecule has 1 aliphatic carbocycles. The maximum atomic E-state index is 13.3. The van der Waals surface area contributed by atoms with E-state index in [1.54, 1.807) is 6.07 Å². The number of likely N-dealkylation sites (tertiary alicyclic amines) is 1. The monoisotopic (exact) mass is 361 g/mol. The average molecular weight is 361 g/mol. The maximum Gasteiger partial charge on any atom is 0.317 e. The van der Waals surface area contributed by atoms with Gasteiger partial charge in [0.1, 0.15) is 5.82 Å². The van der Waals surface area contributed by atoms with Crippen molar-refractivity contribution in [1.82, 2.24) is 15.1 Å². The van der Waals surface area contributed by atoms with Crippen molar-refractivity contribution in [2.45, 2.75) is 57.5 Å². The second-order valence-electron chi connectivity index (χ2n) is 7.43. The van der Waals surface area contributed by atoms with Crippen LogP contribution in [0, 0.1) is 5.82 Å². The molecule has 1 aliphatic heterocycles. The Kier molecular flexibility index (Phi) is 6.12. The van der Waals surface area contributed by atoms with Crippen LogP contribution < -0.4 is 5.32 Å². The second-order valence-corrected chi connectivity index (χ2v) is 7.43. The Balaban J connectivity index is 1.46. The molecule has 3 amide bonds. The van der Waals surface area contributed by atoms with E-state index in [4.69, 9.17) is 0 Å². The topological polar surface area (TPSA) is 52.7 Å². The zero-order valence-corrected chi connectivity index (χ0v) is 15.4. The smallest absolute Gasteiger partial charge is 0.317 e. The zero-order valence-electron chi connectivity index (χ0n) is 15.4. The Hall–Kier alpha value is -2.11. The fraction of sp³-hybridized carbons (Fsp3) is 0.600. The van der Waals surface area contributed by atoms with Crippen molar-refractivity contribution in [2.24, 2.45) is 0 Å². The van der Waals surface area contributed by atoms with Gasteiger partial charge in [-0.25, -0.2) is 9.18 Å². The lowest BCUT2D eigenvalue weighted by Gasteiger charge is -2.26. The molecule has 5 nitrogen and oxygen atoms in total. The van der Waals surface area contributed by atoms with Crippen molar-refractivity contribution < 1.29 is 14.0 Å². The third-order valence-corrected chi connectivity index (χ3v) is 5.15. The van der Waals surface area contributed by atoms with Gasteiger partial charge in [0, 0.05) is 38.1 Å². The van der Waals surface area contributed by atoms with Crippen molar-refractivity contribution in [3.63, 3.8) is 0 Å². The van der Waals surface area contributed by atoms with Gasteiger partial charge in [-0.1, -0.05) is 12.1 Å². The lowest BCUT2D eigenvalue weighted by Crippen LogP contribution is -2.46. The lowest BCUT2D eigenvalue weighted by molar-refractivity contribution is -0.127. The molecule has 0 aromatic heterocycles. The fourth-order valence-corrected chi connectivity index (χ4v) is 3.43. The number of amides is 3. The lowest BCUT2D eigenvalue weighted by atomic mass is 10.1. The normalized spacial score (nSPS) is 18.1. The maximum absolute atomic E-state index is 13.3. The van der Waals surface area contributed by atoms with Gasteiger partial charge in [-0.05, 0) is 56.7 Å². The highest BCUT2D eigenvalue weighted by Crippen LogP contribution is 2.27. The first kappa shape index (κ1) is 18.7. The SMILES string of the molecule is C[C@H](CCN1CCCC1=O)NC(=O)N(CCc1cccc(F)c1)C1CC1. The number of nitrogens with one attached hydrogen (secondary N) is 1. The van der Waals surface area contributed by atoms with E-state index in [2.05, 4.69) is 5.32 Å². The summed E-state index contributed by atoms with van der Waals surface area (Å²) in [5.41, 5.74) is 0.907. The highest BCUT2D eigenvalue weighted by molar-refractivity contribution is 5.78. The summed E-state index contributed by atoms with van der Waals surface area (Å²) >= 11 is 0. The molecule has 2 fully saturated rings. The molecule has 1 N–H and O–H groups in total. The number of benzene rings is 1. The molecular weight excluding hydrogens is 333 g/mol. The summed E-state index contributed by atoms with van der Waals surface area (Å²) in [4.78, 5) is 28.1. The number of nitrogens with zero attached hydrogens (tertiary/aromatic N) is 2. The van der Waals surface area contributed by atoms with Gasteiger partial charge in [0.2, 0.25) is 5.91 Å². The van der Waals surface area contributed by atoms with Gasteiger partial charge in [0.15, 0.2) is 0 Å². The van der Waals surface area contributed by atoms with E-state index in [1.165, 1.54) is 12.1 Å². The molecule has 1 heterocycles. The number of carbonyl (C=O) groups is 2. The van der Waals surface area contributed by atoms with Gasteiger partial charge in [-0.15, -0.1) is 0 Å². The van der Waals surface area contributed by atoms with E-state index in [9.17, 15) is 14.0 Å². The first-order valence-electron chi connectivity index (χ1n) is 9.62. The predicted octanol–water partition coefficient (Wildman–Crippen LogP) is 2.94. The summed E-state index contributed by atoms with van der Waals surface area (Å²) in [5, 5.41) is 3.06. The standard InChI is InChI=1S/C20H28FN3O2/c1-15(9-12-23-11-3-6-19(23)25)22-20(26)24(18-7-8-18)13-10-16-4-2-5-17(21)14-16/h2,4-5,14-15,18H,3,6-13H2,1H3,(H,22,26)/t15-/m1/s1. The average Bonchev–Trinajstić information content (AvgIpc) is 3.35. The number of hydrogen-bond donors (Lipinski definition) is 1. The minimum Gasteiger partial charge on any atom is -0.343 e. The minimum atomic E-state index is -0.241. The highest BCUT2D eigenvalue weighted by Gasteiger charge is 2.32. The molecule has 1 saturated carbocycles. The summed E-state index contributed by atoms with van der Waals surface area (Å²) in [7, 11) is 0. The molecule has 142 valence electrons. The Labute approximate surface area is 154 Å². The van der Waals surface area contributed by atoms with E-state index < -0.39 is 0 Å². The van der Waals surface area contributed by atoms with Crippen LogP contribution in [0.5, 0.6) is 0 Å². The number of carbonyl (C=O) groups excluding carboxylic acids is 2. The largest absolute Gasteiger partial charge is 0.343 e. The number of halogens is 1. The van der Waals surface area contributed by atoms with Gasteiger partial charge in [-0.3, -0.25) is 4.79 Å². The molecule has 0 unspecified atom stereocenters. The molecule has 0 bridgehead atoms. The van der Waals surface area contributed by atoms with Gasteiger partial charge >= 0.3 is 6.03 Å². The van der Waals surface area contributed by atoms with Crippen molar-refractivity contribution in [2.75, 3.05) is 19.6 Å². The molecule has 2 aliphatic rings. The third kappa shape index (κ3) is 5.19. The van der Waals surface area contributed by atoms with E-state index >= 15 is 0 Å². The van der Waals surface area contributed by atoms with Crippen LogP contribution in [0.3, 0.4) is 0 Å². The van der Waals surface area contributed by atoms with Crippen molar-refractivity contribution >= 4 is 11.9 Å². The molecular formula is C20H28FN3O2. The van der Waals surface area contributed by atoms with Crippen LogP contribution in [0.25, 0.3) is 0 Å². The number of hydrogen-bond acceptors (Lipinski definition) is 2.